The Morgan fingerprint density at radius 2 is 2.00 bits per heavy atom. The lowest BCUT2D eigenvalue weighted by molar-refractivity contribution is -0.111. The second-order valence-corrected chi connectivity index (χ2v) is 7.10. The fourth-order valence-corrected chi connectivity index (χ4v) is 3.73. The molecule has 0 saturated heterocycles. The molecular weight excluding hydrogens is 353 g/mol. The number of aromatic nitrogens is 2. The van der Waals surface area contributed by atoms with Gasteiger partial charge in [-0.05, 0) is 61.1 Å². The van der Waals surface area contributed by atoms with Crippen LogP contribution in [-0.4, -0.2) is 15.7 Å². The third-order valence-electron chi connectivity index (χ3n) is 5.15. The van der Waals surface area contributed by atoms with Crippen molar-refractivity contribution in [3.8, 4) is 0 Å². The minimum Gasteiger partial charge on any atom is -0.307 e. The molecule has 2 aromatic carbocycles. The fraction of sp³-hybridized carbons (Fsp3) is 0.217. The number of halogens is 1. The number of anilines is 1. The third kappa shape index (κ3) is 3.74. The van der Waals surface area contributed by atoms with E-state index >= 15 is 0 Å². The lowest BCUT2D eigenvalue weighted by atomic mass is 9.88. The Bertz CT molecular complexity index is 1020. The van der Waals surface area contributed by atoms with Gasteiger partial charge in [-0.15, -0.1) is 0 Å². The molecule has 3 aromatic rings. The molecule has 4 rings (SSSR count). The number of hydrogen-bond donors (Lipinski definition) is 1. The van der Waals surface area contributed by atoms with Crippen LogP contribution in [0.3, 0.4) is 0 Å². The molecule has 1 amide bonds. The van der Waals surface area contributed by atoms with Gasteiger partial charge in [0.25, 0.3) is 0 Å². The highest BCUT2D eigenvalue weighted by molar-refractivity contribution is 6.01. The summed E-state index contributed by atoms with van der Waals surface area (Å²) in [6.45, 7) is 1.94. The molecule has 0 spiro atoms. The summed E-state index contributed by atoms with van der Waals surface area (Å²) < 4.78 is 14.9. The molecule has 1 atom stereocenters. The van der Waals surface area contributed by atoms with Crippen LogP contribution in [0.5, 0.6) is 0 Å². The molecule has 0 radical (unpaired) electrons. The van der Waals surface area contributed by atoms with E-state index in [-0.39, 0.29) is 17.8 Å². The summed E-state index contributed by atoms with van der Waals surface area (Å²) in [4.78, 5) is 12.5. The Kier molecular flexibility index (Phi) is 5.06. The van der Waals surface area contributed by atoms with Crippen LogP contribution in [0.15, 0.2) is 60.8 Å². The standard InChI is InChI=1S/C23H22FN3O/c1-16-15-25-27(21-8-4-6-18-5-2-3-7-20(18)21)23(16)26-22(28)14-11-17-9-12-19(24)13-10-17/h2-3,5,7,9-15,21H,4,6,8H2,1H3,(H,26,28)/b14-11+. The van der Waals surface area contributed by atoms with E-state index in [0.29, 0.717) is 0 Å². The number of rotatable bonds is 4. The SMILES string of the molecule is Cc1cnn(C2CCCc3ccccc32)c1NC(=O)/C=C/c1ccc(F)cc1. The summed E-state index contributed by atoms with van der Waals surface area (Å²) >= 11 is 0. The second kappa shape index (κ2) is 7.80. The molecule has 5 heteroatoms. The van der Waals surface area contributed by atoms with Crippen molar-refractivity contribution in [1.29, 1.82) is 0 Å². The molecule has 1 aliphatic rings. The molecule has 0 bridgehead atoms. The normalized spacial score (nSPS) is 16.1. The Labute approximate surface area is 163 Å². The number of hydrogen-bond acceptors (Lipinski definition) is 2. The number of nitrogens with one attached hydrogen (secondary N) is 1. The number of aryl methyl sites for hydroxylation is 2. The van der Waals surface area contributed by atoms with Crippen molar-refractivity contribution in [2.24, 2.45) is 0 Å². The maximum atomic E-state index is 13.0. The smallest absolute Gasteiger partial charge is 0.249 e. The van der Waals surface area contributed by atoms with E-state index in [4.69, 9.17) is 0 Å². The van der Waals surface area contributed by atoms with Crippen LogP contribution in [0.2, 0.25) is 0 Å². The van der Waals surface area contributed by atoms with Crippen molar-refractivity contribution in [2.75, 3.05) is 5.32 Å². The van der Waals surface area contributed by atoms with Crippen LogP contribution >= 0.6 is 0 Å². The summed E-state index contributed by atoms with van der Waals surface area (Å²) in [5.41, 5.74) is 4.31. The molecule has 1 aliphatic carbocycles. The number of carbonyl (C=O) groups excluding carboxylic acids is 1. The van der Waals surface area contributed by atoms with E-state index in [1.807, 2.05) is 11.6 Å². The van der Waals surface area contributed by atoms with E-state index in [1.54, 1.807) is 24.4 Å². The average molecular weight is 375 g/mol. The predicted octanol–water partition coefficient (Wildman–Crippen LogP) is 4.91. The quantitative estimate of drug-likeness (QED) is 0.659. The van der Waals surface area contributed by atoms with Crippen LogP contribution in [0.4, 0.5) is 10.2 Å². The molecule has 28 heavy (non-hydrogen) atoms. The number of benzene rings is 2. The maximum Gasteiger partial charge on any atom is 0.249 e. The monoisotopic (exact) mass is 375 g/mol. The number of nitrogens with zero attached hydrogens (tertiary/aromatic N) is 2. The van der Waals surface area contributed by atoms with Gasteiger partial charge < -0.3 is 5.32 Å². The first kappa shape index (κ1) is 18.2. The largest absolute Gasteiger partial charge is 0.307 e. The number of fused-ring (bicyclic) bond motifs is 1. The van der Waals surface area contributed by atoms with Gasteiger partial charge in [0.05, 0.1) is 12.2 Å². The highest BCUT2D eigenvalue weighted by Gasteiger charge is 2.25. The summed E-state index contributed by atoms with van der Waals surface area (Å²) in [5, 5.41) is 7.52. The van der Waals surface area contributed by atoms with Gasteiger partial charge in [0.1, 0.15) is 11.6 Å². The highest BCUT2D eigenvalue weighted by atomic mass is 19.1. The van der Waals surface area contributed by atoms with Crippen LogP contribution in [-0.2, 0) is 11.2 Å². The van der Waals surface area contributed by atoms with Crippen molar-refractivity contribution in [3.05, 3.63) is 88.9 Å². The zero-order valence-corrected chi connectivity index (χ0v) is 15.7. The zero-order valence-electron chi connectivity index (χ0n) is 15.7. The molecule has 1 heterocycles. The molecule has 4 nitrogen and oxygen atoms in total. The Balaban J connectivity index is 1.56. The van der Waals surface area contributed by atoms with Gasteiger partial charge in [-0.2, -0.15) is 5.10 Å². The van der Waals surface area contributed by atoms with Gasteiger partial charge in [-0.1, -0.05) is 36.4 Å². The van der Waals surface area contributed by atoms with Crippen molar-refractivity contribution in [2.45, 2.75) is 32.2 Å². The van der Waals surface area contributed by atoms with Crippen molar-refractivity contribution in [3.63, 3.8) is 0 Å². The van der Waals surface area contributed by atoms with E-state index in [1.165, 1.54) is 29.3 Å². The lowest BCUT2D eigenvalue weighted by Crippen LogP contribution is -2.22. The first-order valence-electron chi connectivity index (χ1n) is 9.48. The van der Waals surface area contributed by atoms with E-state index < -0.39 is 0 Å². The van der Waals surface area contributed by atoms with Gasteiger partial charge in [0, 0.05) is 11.6 Å². The summed E-state index contributed by atoms with van der Waals surface area (Å²) in [5.74, 6) is 0.183. The second-order valence-electron chi connectivity index (χ2n) is 7.10. The first-order valence-corrected chi connectivity index (χ1v) is 9.48. The van der Waals surface area contributed by atoms with E-state index in [9.17, 15) is 9.18 Å². The van der Waals surface area contributed by atoms with Crippen LogP contribution < -0.4 is 5.32 Å². The molecule has 0 fully saturated rings. The summed E-state index contributed by atoms with van der Waals surface area (Å²) in [6, 6.07) is 14.6. The number of amides is 1. The predicted molar refractivity (Wildman–Crippen MR) is 109 cm³/mol. The van der Waals surface area contributed by atoms with Crippen LogP contribution in [0.25, 0.3) is 6.08 Å². The van der Waals surface area contributed by atoms with E-state index in [2.05, 4.69) is 34.7 Å². The molecular formula is C23H22FN3O. The Hall–Kier alpha value is -3.21. The van der Waals surface area contributed by atoms with Crippen molar-refractivity contribution >= 4 is 17.8 Å². The van der Waals surface area contributed by atoms with E-state index in [0.717, 1.165) is 36.2 Å². The van der Waals surface area contributed by atoms with Crippen LogP contribution in [0, 0.1) is 12.7 Å². The minimum atomic E-state index is -0.297. The van der Waals surface area contributed by atoms with Crippen molar-refractivity contribution < 1.29 is 9.18 Å². The topological polar surface area (TPSA) is 46.9 Å². The van der Waals surface area contributed by atoms with Crippen molar-refractivity contribution in [1.82, 2.24) is 9.78 Å². The van der Waals surface area contributed by atoms with Gasteiger partial charge in [0.2, 0.25) is 5.91 Å². The molecule has 0 aliphatic heterocycles. The molecule has 1 aromatic heterocycles. The van der Waals surface area contributed by atoms with Crippen LogP contribution in [0.1, 0.15) is 41.1 Å². The zero-order chi connectivity index (χ0) is 19.5. The lowest BCUT2D eigenvalue weighted by Gasteiger charge is -2.27. The summed E-state index contributed by atoms with van der Waals surface area (Å²) in [6.07, 6.45) is 8.08. The third-order valence-corrected chi connectivity index (χ3v) is 5.15. The molecule has 1 unspecified atom stereocenters. The molecule has 0 saturated carbocycles. The molecule has 1 N–H and O–H groups in total. The van der Waals surface area contributed by atoms with Gasteiger partial charge >= 0.3 is 0 Å². The van der Waals surface area contributed by atoms with Gasteiger partial charge in [-0.3, -0.25) is 4.79 Å². The fourth-order valence-electron chi connectivity index (χ4n) is 3.73. The number of carbonyl (C=O) groups is 1. The summed E-state index contributed by atoms with van der Waals surface area (Å²) in [7, 11) is 0. The minimum absolute atomic E-state index is 0.120. The van der Waals surface area contributed by atoms with Gasteiger partial charge in [-0.25, -0.2) is 9.07 Å². The Morgan fingerprint density at radius 1 is 1.21 bits per heavy atom. The Morgan fingerprint density at radius 3 is 2.82 bits per heavy atom. The first-order chi connectivity index (χ1) is 13.6. The maximum absolute atomic E-state index is 13.0. The highest BCUT2D eigenvalue weighted by Crippen LogP contribution is 2.35. The van der Waals surface area contributed by atoms with Gasteiger partial charge in [0.15, 0.2) is 0 Å². The molecule has 142 valence electrons. The average Bonchev–Trinajstić information content (AvgIpc) is 3.07.